The van der Waals surface area contributed by atoms with Gasteiger partial charge in [0.1, 0.15) is 6.33 Å². The molecule has 0 aliphatic heterocycles. The first-order valence-corrected chi connectivity index (χ1v) is 9.46. The summed E-state index contributed by atoms with van der Waals surface area (Å²) in [5.41, 5.74) is 2.82. The molecule has 6 nitrogen and oxygen atoms in total. The van der Waals surface area contributed by atoms with Crippen LogP contribution in [0.2, 0.25) is 5.02 Å². The van der Waals surface area contributed by atoms with Gasteiger partial charge in [0, 0.05) is 29.9 Å². The van der Waals surface area contributed by atoms with Crippen molar-refractivity contribution in [1.29, 1.82) is 0 Å². The van der Waals surface area contributed by atoms with Crippen LogP contribution in [0.3, 0.4) is 0 Å². The minimum Gasteiger partial charge on any atom is -0.355 e. The Bertz CT molecular complexity index is 884. The largest absolute Gasteiger partial charge is 0.355 e. The zero-order valence-corrected chi connectivity index (χ0v) is 15.8. The van der Waals surface area contributed by atoms with Gasteiger partial charge in [0.2, 0.25) is 5.91 Å². The highest BCUT2D eigenvalue weighted by molar-refractivity contribution is 7.99. The average molecular weight is 388 g/mol. The van der Waals surface area contributed by atoms with Crippen molar-refractivity contribution in [3.63, 3.8) is 0 Å². The summed E-state index contributed by atoms with van der Waals surface area (Å²) >= 11 is 7.52. The molecule has 26 heavy (non-hydrogen) atoms. The van der Waals surface area contributed by atoms with Crippen molar-refractivity contribution in [1.82, 2.24) is 25.1 Å². The maximum Gasteiger partial charge on any atom is 0.230 e. The van der Waals surface area contributed by atoms with E-state index >= 15 is 0 Å². The number of carbonyl (C=O) groups excluding carboxylic acids is 1. The second kappa shape index (κ2) is 8.82. The number of amides is 1. The zero-order valence-electron chi connectivity index (χ0n) is 14.2. The van der Waals surface area contributed by atoms with Crippen molar-refractivity contribution in [2.24, 2.45) is 0 Å². The second-order valence-electron chi connectivity index (χ2n) is 5.63. The quantitative estimate of drug-likeness (QED) is 0.631. The number of aryl methyl sites for hydroxylation is 1. The lowest BCUT2D eigenvalue weighted by Crippen LogP contribution is -2.27. The Hall–Kier alpha value is -2.38. The van der Waals surface area contributed by atoms with Gasteiger partial charge in [0.05, 0.1) is 11.4 Å². The molecule has 3 rings (SSSR count). The van der Waals surface area contributed by atoms with Crippen LogP contribution in [0.25, 0.3) is 5.69 Å². The van der Waals surface area contributed by atoms with E-state index in [9.17, 15) is 4.79 Å². The zero-order chi connectivity index (χ0) is 18.4. The maximum absolute atomic E-state index is 12.0. The standard InChI is InChI=1S/C18H18ClN5OS/c1-13-5-6-15(10-16(13)19)24-12-22-23-18(24)26-11-17(25)21-9-7-14-4-2-3-8-20-14/h2-6,8,10,12H,7,9,11H2,1H3,(H,21,25). The number of aromatic nitrogens is 4. The molecule has 134 valence electrons. The molecule has 0 spiro atoms. The first-order valence-electron chi connectivity index (χ1n) is 8.09. The number of rotatable bonds is 7. The fourth-order valence-electron chi connectivity index (χ4n) is 2.29. The van der Waals surface area contributed by atoms with Crippen LogP contribution in [-0.4, -0.2) is 38.0 Å². The number of hydrogen-bond acceptors (Lipinski definition) is 5. The van der Waals surface area contributed by atoms with E-state index in [0.29, 0.717) is 23.1 Å². The number of hydrogen-bond donors (Lipinski definition) is 1. The number of benzene rings is 1. The van der Waals surface area contributed by atoms with Gasteiger partial charge in [-0.05, 0) is 36.8 Å². The van der Waals surface area contributed by atoms with Crippen LogP contribution >= 0.6 is 23.4 Å². The average Bonchev–Trinajstić information content (AvgIpc) is 3.12. The molecule has 1 amide bonds. The molecule has 2 aromatic heterocycles. The Morgan fingerprint density at radius 3 is 2.96 bits per heavy atom. The van der Waals surface area contributed by atoms with Gasteiger partial charge in [-0.2, -0.15) is 0 Å². The Morgan fingerprint density at radius 2 is 2.19 bits per heavy atom. The van der Waals surface area contributed by atoms with Gasteiger partial charge in [-0.15, -0.1) is 10.2 Å². The van der Waals surface area contributed by atoms with Crippen LogP contribution in [0.5, 0.6) is 0 Å². The predicted octanol–water partition coefficient (Wildman–Crippen LogP) is 3.08. The van der Waals surface area contributed by atoms with Gasteiger partial charge in [0.15, 0.2) is 5.16 Å². The van der Waals surface area contributed by atoms with Crippen LogP contribution in [-0.2, 0) is 11.2 Å². The van der Waals surface area contributed by atoms with E-state index in [1.807, 2.05) is 47.9 Å². The van der Waals surface area contributed by atoms with Gasteiger partial charge >= 0.3 is 0 Å². The van der Waals surface area contributed by atoms with E-state index in [2.05, 4.69) is 20.5 Å². The van der Waals surface area contributed by atoms with Crippen LogP contribution in [0.4, 0.5) is 0 Å². The van der Waals surface area contributed by atoms with Gasteiger partial charge in [0.25, 0.3) is 0 Å². The molecule has 2 heterocycles. The summed E-state index contributed by atoms with van der Waals surface area (Å²) in [6.45, 7) is 2.50. The summed E-state index contributed by atoms with van der Waals surface area (Å²) in [6.07, 6.45) is 4.06. The summed E-state index contributed by atoms with van der Waals surface area (Å²) in [7, 11) is 0. The van der Waals surface area contributed by atoms with Crippen molar-refractivity contribution in [2.45, 2.75) is 18.5 Å². The van der Waals surface area contributed by atoms with Crippen LogP contribution in [0.15, 0.2) is 54.1 Å². The van der Waals surface area contributed by atoms with Gasteiger partial charge in [-0.1, -0.05) is 35.5 Å². The molecular weight excluding hydrogens is 370 g/mol. The van der Waals surface area contributed by atoms with Crippen LogP contribution in [0.1, 0.15) is 11.3 Å². The first kappa shape index (κ1) is 18.4. The van der Waals surface area contributed by atoms with Gasteiger partial charge in [-0.3, -0.25) is 14.3 Å². The summed E-state index contributed by atoms with van der Waals surface area (Å²) in [5.74, 6) is 0.211. The number of nitrogens with one attached hydrogen (secondary N) is 1. The van der Waals surface area contributed by atoms with E-state index < -0.39 is 0 Å². The lowest BCUT2D eigenvalue weighted by molar-refractivity contribution is -0.118. The molecule has 0 unspecified atom stereocenters. The van der Waals surface area contributed by atoms with E-state index in [4.69, 9.17) is 11.6 Å². The predicted molar refractivity (Wildman–Crippen MR) is 103 cm³/mol. The normalized spacial score (nSPS) is 10.7. The van der Waals surface area contributed by atoms with E-state index in [1.54, 1.807) is 12.5 Å². The molecule has 0 atom stereocenters. The summed E-state index contributed by atoms with van der Waals surface area (Å²) in [4.78, 5) is 16.3. The Labute approximate surface area is 161 Å². The highest BCUT2D eigenvalue weighted by Gasteiger charge is 2.11. The maximum atomic E-state index is 12.0. The molecule has 0 aliphatic carbocycles. The van der Waals surface area contributed by atoms with Crippen LogP contribution < -0.4 is 5.32 Å². The van der Waals surface area contributed by atoms with Crippen LogP contribution in [0, 0.1) is 6.92 Å². The molecule has 0 bridgehead atoms. The van der Waals surface area contributed by atoms with E-state index in [0.717, 1.165) is 16.9 Å². The summed E-state index contributed by atoms with van der Waals surface area (Å²) < 4.78 is 1.82. The molecular formula is C18H18ClN5OS. The minimum atomic E-state index is -0.0533. The number of nitrogens with zero attached hydrogens (tertiary/aromatic N) is 4. The smallest absolute Gasteiger partial charge is 0.230 e. The first-order chi connectivity index (χ1) is 12.6. The molecule has 0 saturated heterocycles. The van der Waals surface area contributed by atoms with Crippen molar-refractivity contribution in [3.05, 3.63) is 65.2 Å². The second-order valence-corrected chi connectivity index (χ2v) is 6.98. The third-order valence-electron chi connectivity index (χ3n) is 3.71. The number of thioether (sulfide) groups is 1. The Balaban J connectivity index is 1.53. The van der Waals surface area contributed by atoms with E-state index in [1.165, 1.54) is 11.8 Å². The highest BCUT2D eigenvalue weighted by atomic mass is 35.5. The number of pyridine rings is 1. The topological polar surface area (TPSA) is 72.7 Å². The molecule has 0 saturated carbocycles. The lowest BCUT2D eigenvalue weighted by atomic mass is 10.2. The Kier molecular flexibility index (Phi) is 6.25. The SMILES string of the molecule is Cc1ccc(-n2cnnc2SCC(=O)NCCc2ccccn2)cc1Cl. The summed E-state index contributed by atoms with van der Waals surface area (Å²) in [5, 5.41) is 12.2. The Morgan fingerprint density at radius 1 is 1.31 bits per heavy atom. The third kappa shape index (κ3) is 4.83. The molecule has 3 aromatic rings. The fourth-order valence-corrected chi connectivity index (χ4v) is 3.22. The number of carbonyl (C=O) groups is 1. The highest BCUT2D eigenvalue weighted by Crippen LogP contribution is 2.23. The molecule has 1 aromatic carbocycles. The fraction of sp³-hybridized carbons (Fsp3) is 0.222. The molecule has 0 radical (unpaired) electrons. The minimum absolute atomic E-state index is 0.0533. The van der Waals surface area contributed by atoms with Crippen molar-refractivity contribution in [3.8, 4) is 5.69 Å². The molecule has 0 fully saturated rings. The molecule has 0 aliphatic rings. The van der Waals surface area contributed by atoms with Gasteiger partial charge in [-0.25, -0.2) is 0 Å². The van der Waals surface area contributed by atoms with Crippen molar-refractivity contribution < 1.29 is 4.79 Å². The molecule has 8 heteroatoms. The van der Waals surface area contributed by atoms with Gasteiger partial charge < -0.3 is 5.32 Å². The van der Waals surface area contributed by atoms with Crippen molar-refractivity contribution >= 4 is 29.3 Å². The summed E-state index contributed by atoms with van der Waals surface area (Å²) in [6, 6.07) is 11.5. The molecule has 1 N–H and O–H groups in total. The monoisotopic (exact) mass is 387 g/mol. The number of halogens is 1. The van der Waals surface area contributed by atoms with E-state index in [-0.39, 0.29) is 11.7 Å². The third-order valence-corrected chi connectivity index (χ3v) is 5.06. The van der Waals surface area contributed by atoms with Crippen molar-refractivity contribution in [2.75, 3.05) is 12.3 Å². The lowest BCUT2D eigenvalue weighted by Gasteiger charge is -2.08.